The molecule has 1 saturated carbocycles. The molecule has 2 amide bonds. The van der Waals surface area contributed by atoms with Gasteiger partial charge in [0, 0.05) is 31.2 Å². The van der Waals surface area contributed by atoms with Crippen LogP contribution in [0.3, 0.4) is 0 Å². The minimum Gasteiger partial charge on any atom is -0.444 e. The number of hydrogen-bond acceptors (Lipinski definition) is 4. The molecule has 0 aliphatic heterocycles. The maximum atomic E-state index is 11.7. The summed E-state index contributed by atoms with van der Waals surface area (Å²) in [5, 5.41) is 9.05. The van der Waals surface area contributed by atoms with Crippen LogP contribution in [0, 0.1) is 0 Å². The lowest BCUT2D eigenvalue weighted by atomic mass is 10.1. The summed E-state index contributed by atoms with van der Waals surface area (Å²) in [6.07, 6.45) is 0.493. The fourth-order valence-electron chi connectivity index (χ4n) is 2.27. The summed E-state index contributed by atoms with van der Waals surface area (Å²) in [4.78, 5) is 22.9. The van der Waals surface area contributed by atoms with Crippen molar-refractivity contribution < 1.29 is 14.3 Å². The van der Waals surface area contributed by atoms with Gasteiger partial charge >= 0.3 is 6.09 Å². The fourth-order valence-corrected chi connectivity index (χ4v) is 2.27. The van der Waals surface area contributed by atoms with E-state index in [1.165, 1.54) is 6.92 Å². The SMILES string of the molecule is CC(=O)Nc1ccccc1CNC1CC1NC(=O)OC(C)(C)C. The van der Waals surface area contributed by atoms with Crippen LogP contribution in [0.15, 0.2) is 24.3 Å². The highest BCUT2D eigenvalue weighted by Gasteiger charge is 2.38. The Balaban J connectivity index is 1.78. The quantitative estimate of drug-likeness (QED) is 0.778. The molecule has 1 aliphatic rings. The van der Waals surface area contributed by atoms with Crippen LogP contribution in [0.1, 0.15) is 39.7 Å². The summed E-state index contributed by atoms with van der Waals surface area (Å²) in [6.45, 7) is 7.65. The average molecular weight is 319 g/mol. The number of para-hydroxylation sites is 1. The van der Waals surface area contributed by atoms with Gasteiger partial charge in [-0.15, -0.1) is 0 Å². The fraction of sp³-hybridized carbons (Fsp3) is 0.529. The number of nitrogens with one attached hydrogen (secondary N) is 3. The predicted octanol–water partition coefficient (Wildman–Crippen LogP) is 2.40. The van der Waals surface area contributed by atoms with Crippen LogP contribution < -0.4 is 16.0 Å². The van der Waals surface area contributed by atoms with Crippen molar-refractivity contribution in [3.05, 3.63) is 29.8 Å². The number of rotatable bonds is 5. The molecule has 0 spiro atoms. The first kappa shape index (κ1) is 17.3. The molecule has 1 aliphatic carbocycles. The Bertz CT molecular complexity index is 581. The van der Waals surface area contributed by atoms with Crippen molar-refractivity contribution in [3.63, 3.8) is 0 Å². The van der Waals surface area contributed by atoms with Crippen LogP contribution in [-0.2, 0) is 16.1 Å². The van der Waals surface area contributed by atoms with Gasteiger partial charge in [-0.2, -0.15) is 0 Å². The van der Waals surface area contributed by atoms with Gasteiger partial charge < -0.3 is 20.7 Å². The molecule has 2 atom stereocenters. The molecule has 1 fully saturated rings. The Morgan fingerprint density at radius 3 is 2.57 bits per heavy atom. The molecule has 6 heteroatoms. The maximum Gasteiger partial charge on any atom is 0.407 e. The molecule has 0 saturated heterocycles. The van der Waals surface area contributed by atoms with E-state index in [0.29, 0.717) is 6.54 Å². The number of alkyl carbamates (subject to hydrolysis) is 1. The van der Waals surface area contributed by atoms with Gasteiger partial charge in [0.15, 0.2) is 0 Å². The molecule has 2 rings (SSSR count). The Hall–Kier alpha value is -2.08. The summed E-state index contributed by atoms with van der Waals surface area (Å²) >= 11 is 0. The van der Waals surface area contributed by atoms with Gasteiger partial charge in [-0.05, 0) is 38.8 Å². The van der Waals surface area contributed by atoms with Gasteiger partial charge in [-0.3, -0.25) is 4.79 Å². The second kappa shape index (κ2) is 7.00. The first-order valence-electron chi connectivity index (χ1n) is 7.83. The Labute approximate surface area is 137 Å². The zero-order valence-electron chi connectivity index (χ0n) is 14.1. The van der Waals surface area contributed by atoms with Gasteiger partial charge in [0.05, 0.1) is 0 Å². The lowest BCUT2D eigenvalue weighted by Crippen LogP contribution is -2.36. The van der Waals surface area contributed by atoms with E-state index in [9.17, 15) is 9.59 Å². The molecule has 0 radical (unpaired) electrons. The third kappa shape index (κ3) is 5.90. The summed E-state index contributed by atoms with van der Waals surface area (Å²) in [7, 11) is 0. The zero-order chi connectivity index (χ0) is 17.0. The van der Waals surface area contributed by atoms with Crippen LogP contribution in [0.2, 0.25) is 0 Å². The van der Waals surface area contributed by atoms with E-state index in [4.69, 9.17) is 4.74 Å². The van der Waals surface area contributed by atoms with Crippen LogP contribution in [0.4, 0.5) is 10.5 Å². The number of ether oxygens (including phenoxy) is 1. The van der Waals surface area contributed by atoms with Gasteiger partial charge in [-0.25, -0.2) is 4.79 Å². The van der Waals surface area contributed by atoms with Crippen LogP contribution in [0.5, 0.6) is 0 Å². The van der Waals surface area contributed by atoms with Crippen LogP contribution in [-0.4, -0.2) is 29.7 Å². The monoisotopic (exact) mass is 319 g/mol. The Morgan fingerprint density at radius 1 is 1.22 bits per heavy atom. The molecule has 0 bridgehead atoms. The van der Waals surface area contributed by atoms with E-state index in [1.807, 2.05) is 45.0 Å². The van der Waals surface area contributed by atoms with E-state index in [2.05, 4.69) is 16.0 Å². The minimum absolute atomic E-state index is 0.0895. The molecule has 3 N–H and O–H groups in total. The van der Waals surface area contributed by atoms with E-state index in [0.717, 1.165) is 17.7 Å². The van der Waals surface area contributed by atoms with Gasteiger partial charge in [0.1, 0.15) is 5.60 Å². The zero-order valence-corrected chi connectivity index (χ0v) is 14.1. The number of carbonyl (C=O) groups excluding carboxylic acids is 2. The van der Waals surface area contributed by atoms with E-state index in [-0.39, 0.29) is 24.1 Å². The third-order valence-electron chi connectivity index (χ3n) is 3.38. The second-order valence-electron chi connectivity index (χ2n) is 6.81. The molecule has 126 valence electrons. The third-order valence-corrected chi connectivity index (χ3v) is 3.38. The van der Waals surface area contributed by atoms with Gasteiger partial charge in [0.25, 0.3) is 0 Å². The molecule has 6 nitrogen and oxygen atoms in total. The smallest absolute Gasteiger partial charge is 0.407 e. The molecule has 0 aromatic heterocycles. The number of benzene rings is 1. The highest BCUT2D eigenvalue weighted by molar-refractivity contribution is 5.89. The first-order valence-corrected chi connectivity index (χ1v) is 7.83. The highest BCUT2D eigenvalue weighted by atomic mass is 16.6. The normalized spacial score (nSPS) is 19.8. The maximum absolute atomic E-state index is 11.7. The molecule has 1 aromatic rings. The predicted molar refractivity (Wildman–Crippen MR) is 89.1 cm³/mol. The molecule has 2 unspecified atom stereocenters. The van der Waals surface area contributed by atoms with Crippen molar-refractivity contribution in [3.8, 4) is 0 Å². The van der Waals surface area contributed by atoms with Crippen molar-refractivity contribution in [1.29, 1.82) is 0 Å². The Morgan fingerprint density at radius 2 is 1.91 bits per heavy atom. The summed E-state index contributed by atoms with van der Waals surface area (Å²) in [5.41, 5.74) is 1.34. The van der Waals surface area contributed by atoms with E-state index < -0.39 is 5.60 Å². The number of anilines is 1. The molecule has 23 heavy (non-hydrogen) atoms. The lowest BCUT2D eigenvalue weighted by molar-refractivity contribution is -0.114. The lowest BCUT2D eigenvalue weighted by Gasteiger charge is -2.19. The number of amides is 2. The number of hydrogen-bond donors (Lipinski definition) is 3. The summed E-state index contributed by atoms with van der Waals surface area (Å²) in [6, 6.07) is 7.99. The van der Waals surface area contributed by atoms with Crippen molar-refractivity contribution in [2.45, 2.75) is 58.3 Å². The van der Waals surface area contributed by atoms with Crippen LogP contribution in [0.25, 0.3) is 0 Å². The topological polar surface area (TPSA) is 79.5 Å². The molecular formula is C17H25N3O3. The standard InChI is InChI=1S/C17H25N3O3/c1-11(21)19-13-8-6-5-7-12(13)10-18-14-9-15(14)20-16(22)23-17(2,3)4/h5-8,14-15,18H,9-10H2,1-4H3,(H,19,21)(H,20,22). The summed E-state index contributed by atoms with van der Waals surface area (Å²) < 4.78 is 5.24. The average Bonchev–Trinajstić information content (AvgIpc) is 3.13. The Kier molecular flexibility index (Phi) is 5.26. The van der Waals surface area contributed by atoms with Crippen molar-refractivity contribution >= 4 is 17.7 Å². The molecular weight excluding hydrogens is 294 g/mol. The van der Waals surface area contributed by atoms with E-state index >= 15 is 0 Å². The number of carbonyl (C=O) groups is 2. The molecule has 0 heterocycles. The summed E-state index contributed by atoms with van der Waals surface area (Å²) in [5.74, 6) is -0.0895. The van der Waals surface area contributed by atoms with E-state index in [1.54, 1.807) is 0 Å². The van der Waals surface area contributed by atoms with Gasteiger partial charge in [-0.1, -0.05) is 18.2 Å². The second-order valence-corrected chi connectivity index (χ2v) is 6.81. The highest BCUT2D eigenvalue weighted by Crippen LogP contribution is 2.23. The van der Waals surface area contributed by atoms with Gasteiger partial charge in [0.2, 0.25) is 5.91 Å². The minimum atomic E-state index is -0.487. The first-order chi connectivity index (χ1) is 10.7. The largest absolute Gasteiger partial charge is 0.444 e. The van der Waals surface area contributed by atoms with Crippen molar-refractivity contribution in [2.24, 2.45) is 0 Å². The molecule has 1 aromatic carbocycles. The van der Waals surface area contributed by atoms with Crippen molar-refractivity contribution in [2.75, 3.05) is 5.32 Å². The van der Waals surface area contributed by atoms with Crippen LogP contribution >= 0.6 is 0 Å². The van der Waals surface area contributed by atoms with Crippen molar-refractivity contribution in [1.82, 2.24) is 10.6 Å².